The normalized spacial score (nSPS) is 12.5. The molecule has 0 saturated carbocycles. The molecule has 0 fully saturated rings. The van der Waals surface area contributed by atoms with E-state index in [0.717, 1.165) is 12.1 Å². The lowest BCUT2D eigenvalue weighted by Gasteiger charge is -2.18. The van der Waals surface area contributed by atoms with Crippen molar-refractivity contribution < 1.29 is 9.84 Å². The predicted octanol–water partition coefficient (Wildman–Crippen LogP) is 1.32. The van der Waals surface area contributed by atoms with Gasteiger partial charge >= 0.3 is 0 Å². The Morgan fingerprint density at radius 3 is 2.82 bits per heavy atom. The molecule has 0 aliphatic carbocycles. The molecule has 96 valence electrons. The predicted molar refractivity (Wildman–Crippen MR) is 69.5 cm³/mol. The van der Waals surface area contributed by atoms with Crippen molar-refractivity contribution >= 4 is 11.6 Å². The van der Waals surface area contributed by atoms with E-state index in [1.165, 1.54) is 0 Å². The molecule has 0 spiro atoms. The van der Waals surface area contributed by atoms with Gasteiger partial charge in [0.05, 0.1) is 12.1 Å². The average molecular weight is 259 g/mol. The monoisotopic (exact) mass is 258 g/mol. The highest BCUT2D eigenvalue weighted by molar-refractivity contribution is 6.32. The number of ether oxygens (including phenoxy) is 1. The third kappa shape index (κ3) is 4.16. The highest BCUT2D eigenvalue weighted by atomic mass is 35.5. The number of hydrogen-bond donors (Lipinski definition) is 3. The van der Waals surface area contributed by atoms with Crippen LogP contribution in [0.3, 0.4) is 0 Å². The fraction of sp³-hybridized carbons (Fsp3) is 0.500. The first-order chi connectivity index (χ1) is 8.22. The molecule has 0 aliphatic heterocycles. The highest BCUT2D eigenvalue weighted by Gasteiger charge is 2.10. The van der Waals surface area contributed by atoms with Gasteiger partial charge in [0.15, 0.2) is 0 Å². The lowest BCUT2D eigenvalue weighted by atomic mass is 10.1. The van der Waals surface area contributed by atoms with E-state index >= 15 is 0 Å². The summed E-state index contributed by atoms with van der Waals surface area (Å²) in [4.78, 5) is 0. The van der Waals surface area contributed by atoms with Crippen LogP contribution < -0.4 is 15.8 Å². The van der Waals surface area contributed by atoms with Gasteiger partial charge in [-0.2, -0.15) is 0 Å². The minimum absolute atomic E-state index is 0.0463. The molecule has 4 N–H and O–H groups in total. The molecule has 0 radical (unpaired) electrons. The highest BCUT2D eigenvalue weighted by Crippen LogP contribution is 2.27. The van der Waals surface area contributed by atoms with Crippen LogP contribution in [0.2, 0.25) is 5.02 Å². The van der Waals surface area contributed by atoms with Crippen molar-refractivity contribution in [1.29, 1.82) is 0 Å². The maximum atomic E-state index is 8.73. The van der Waals surface area contributed by atoms with Crippen molar-refractivity contribution in [3.8, 4) is 5.75 Å². The molecule has 0 aliphatic rings. The summed E-state index contributed by atoms with van der Waals surface area (Å²) >= 11 is 6.06. The molecule has 1 rings (SSSR count). The number of benzene rings is 1. The summed E-state index contributed by atoms with van der Waals surface area (Å²) in [5, 5.41) is 12.6. The zero-order chi connectivity index (χ0) is 12.7. The summed E-state index contributed by atoms with van der Waals surface area (Å²) < 4.78 is 5.10. The minimum Gasteiger partial charge on any atom is -0.495 e. The molecule has 17 heavy (non-hydrogen) atoms. The molecule has 0 aromatic heterocycles. The van der Waals surface area contributed by atoms with E-state index < -0.39 is 0 Å². The topological polar surface area (TPSA) is 67.5 Å². The Morgan fingerprint density at radius 2 is 2.29 bits per heavy atom. The van der Waals surface area contributed by atoms with Gasteiger partial charge in [-0.25, -0.2) is 0 Å². The van der Waals surface area contributed by atoms with E-state index in [9.17, 15) is 0 Å². The first kappa shape index (κ1) is 14.3. The number of aliphatic hydroxyl groups excluding tert-OH is 1. The molecule has 5 heteroatoms. The van der Waals surface area contributed by atoms with Crippen LogP contribution in [-0.4, -0.2) is 31.9 Å². The van der Waals surface area contributed by atoms with Gasteiger partial charge in [-0.05, 0) is 30.7 Å². The maximum absolute atomic E-state index is 8.73. The first-order valence-electron chi connectivity index (χ1n) is 5.60. The van der Waals surface area contributed by atoms with Gasteiger partial charge in [0.1, 0.15) is 5.75 Å². The average Bonchev–Trinajstić information content (AvgIpc) is 2.35. The van der Waals surface area contributed by atoms with Crippen molar-refractivity contribution in [1.82, 2.24) is 5.32 Å². The second-order valence-electron chi connectivity index (χ2n) is 3.71. The van der Waals surface area contributed by atoms with E-state index in [1.54, 1.807) is 7.11 Å². The van der Waals surface area contributed by atoms with Gasteiger partial charge in [0.2, 0.25) is 0 Å². The van der Waals surface area contributed by atoms with Gasteiger partial charge < -0.3 is 20.9 Å². The van der Waals surface area contributed by atoms with Crippen molar-refractivity contribution in [3.05, 3.63) is 28.8 Å². The first-order valence-corrected chi connectivity index (χ1v) is 5.98. The quantitative estimate of drug-likeness (QED) is 0.646. The van der Waals surface area contributed by atoms with Crippen molar-refractivity contribution in [2.45, 2.75) is 12.5 Å². The van der Waals surface area contributed by atoms with Gasteiger partial charge in [-0.1, -0.05) is 17.7 Å². The Hall–Kier alpha value is -0.810. The third-order valence-corrected chi connectivity index (χ3v) is 2.83. The molecular formula is C12H19ClN2O2. The molecule has 0 bridgehead atoms. The summed E-state index contributed by atoms with van der Waals surface area (Å²) in [6, 6.07) is 5.66. The molecule has 0 amide bonds. The second-order valence-corrected chi connectivity index (χ2v) is 4.12. The number of nitrogens with two attached hydrogens (primary N) is 1. The molecule has 4 nitrogen and oxygen atoms in total. The Morgan fingerprint density at radius 1 is 1.53 bits per heavy atom. The molecule has 0 saturated heterocycles. The second kappa shape index (κ2) is 7.50. The van der Waals surface area contributed by atoms with E-state index in [2.05, 4.69) is 5.32 Å². The molecule has 0 heterocycles. The molecular weight excluding hydrogens is 240 g/mol. The summed E-state index contributed by atoms with van der Waals surface area (Å²) in [5.74, 6) is 0.654. The molecule has 1 aromatic carbocycles. The lowest BCUT2D eigenvalue weighted by Crippen LogP contribution is -2.29. The van der Waals surface area contributed by atoms with Crippen LogP contribution >= 0.6 is 11.6 Å². The van der Waals surface area contributed by atoms with Crippen molar-refractivity contribution in [2.24, 2.45) is 5.73 Å². The third-order valence-electron chi connectivity index (χ3n) is 2.54. The van der Waals surface area contributed by atoms with Crippen molar-refractivity contribution in [2.75, 3.05) is 26.8 Å². The van der Waals surface area contributed by atoms with Crippen LogP contribution in [0.5, 0.6) is 5.75 Å². The molecule has 1 unspecified atom stereocenters. The number of aliphatic hydroxyl groups is 1. The number of nitrogens with one attached hydrogen (secondary N) is 1. The summed E-state index contributed by atoms with van der Waals surface area (Å²) in [6.45, 7) is 1.38. The number of methoxy groups -OCH3 is 1. The van der Waals surface area contributed by atoms with E-state index in [-0.39, 0.29) is 12.6 Å². The van der Waals surface area contributed by atoms with E-state index in [0.29, 0.717) is 23.7 Å². The summed E-state index contributed by atoms with van der Waals surface area (Å²) in [6.07, 6.45) is 0.709. The van der Waals surface area contributed by atoms with Gasteiger partial charge in [0.25, 0.3) is 0 Å². The van der Waals surface area contributed by atoms with Gasteiger partial charge in [-0.3, -0.25) is 0 Å². The Labute approximate surface area is 107 Å². The number of rotatable bonds is 7. The van der Waals surface area contributed by atoms with Crippen LogP contribution in [-0.2, 0) is 0 Å². The zero-order valence-electron chi connectivity index (χ0n) is 9.95. The van der Waals surface area contributed by atoms with Crippen molar-refractivity contribution in [3.63, 3.8) is 0 Å². The van der Waals surface area contributed by atoms with Crippen LogP contribution in [0.4, 0.5) is 0 Å². The standard InChI is InChI=1S/C12H19ClN2O2/c1-17-12-4-3-9(7-10(12)13)11(8-14)15-5-2-6-16/h3-4,7,11,15-16H,2,5-6,8,14H2,1H3. The fourth-order valence-corrected chi connectivity index (χ4v) is 1.86. The van der Waals surface area contributed by atoms with Gasteiger partial charge in [0, 0.05) is 19.2 Å². The van der Waals surface area contributed by atoms with Crippen LogP contribution in [0.1, 0.15) is 18.0 Å². The molecule has 1 aromatic rings. The Kier molecular flexibility index (Phi) is 6.29. The number of hydrogen-bond acceptors (Lipinski definition) is 4. The summed E-state index contributed by atoms with van der Waals surface area (Å²) in [5.41, 5.74) is 6.73. The molecule has 1 atom stereocenters. The maximum Gasteiger partial charge on any atom is 0.137 e. The van der Waals surface area contributed by atoms with E-state index in [4.69, 9.17) is 27.2 Å². The summed E-state index contributed by atoms with van der Waals surface area (Å²) in [7, 11) is 1.58. The SMILES string of the molecule is COc1ccc(C(CN)NCCCO)cc1Cl. The van der Waals surface area contributed by atoms with Crippen LogP contribution in [0, 0.1) is 0 Å². The fourth-order valence-electron chi connectivity index (χ4n) is 1.59. The van der Waals surface area contributed by atoms with Crippen LogP contribution in [0.25, 0.3) is 0 Å². The Balaban J connectivity index is 2.71. The minimum atomic E-state index is 0.0463. The van der Waals surface area contributed by atoms with Gasteiger partial charge in [-0.15, -0.1) is 0 Å². The number of halogens is 1. The lowest BCUT2D eigenvalue weighted by molar-refractivity contribution is 0.283. The zero-order valence-corrected chi connectivity index (χ0v) is 10.7. The van der Waals surface area contributed by atoms with Crippen LogP contribution in [0.15, 0.2) is 18.2 Å². The smallest absolute Gasteiger partial charge is 0.137 e. The Bertz CT molecular complexity index is 347. The van der Waals surface area contributed by atoms with E-state index in [1.807, 2.05) is 18.2 Å². The largest absolute Gasteiger partial charge is 0.495 e.